The van der Waals surface area contributed by atoms with Gasteiger partial charge in [-0.15, -0.1) is 0 Å². The van der Waals surface area contributed by atoms with E-state index in [0.29, 0.717) is 24.0 Å². The molecular formula is C17H18O3. The van der Waals surface area contributed by atoms with Crippen LogP contribution in [0.2, 0.25) is 0 Å². The lowest BCUT2D eigenvalue weighted by molar-refractivity contribution is 0.256. The Balaban J connectivity index is 1.70. The molecule has 2 aromatic carbocycles. The maximum Gasteiger partial charge on any atom is 0.161 e. The predicted molar refractivity (Wildman–Crippen MR) is 77.3 cm³/mol. The average molecular weight is 270 g/mol. The Morgan fingerprint density at radius 3 is 2.75 bits per heavy atom. The van der Waals surface area contributed by atoms with Crippen molar-refractivity contribution in [3.05, 3.63) is 59.2 Å². The lowest BCUT2D eigenvalue weighted by atomic mass is 9.78. The third kappa shape index (κ3) is 2.37. The Morgan fingerprint density at radius 2 is 2.00 bits per heavy atom. The number of methoxy groups -OCH3 is 1. The smallest absolute Gasteiger partial charge is 0.161 e. The molecule has 0 spiro atoms. The molecule has 1 unspecified atom stereocenters. The molecule has 1 N–H and O–H groups in total. The summed E-state index contributed by atoms with van der Waals surface area (Å²) in [6, 6.07) is 14.0. The highest BCUT2D eigenvalue weighted by atomic mass is 16.5. The second-order valence-corrected chi connectivity index (χ2v) is 5.05. The molecule has 2 aromatic rings. The minimum atomic E-state index is 0.00656. The number of aliphatic hydroxyl groups excluding tert-OH is 1. The molecule has 0 bridgehead atoms. The quantitative estimate of drug-likeness (QED) is 0.908. The standard InChI is InChI=1S/C17H18O3/c1-19-16-7-6-12(10-18)8-17(16)20-11-14-9-13-4-2-3-5-15(13)14/h2-8,14,18H,9-11H2,1H3. The largest absolute Gasteiger partial charge is 0.493 e. The molecule has 0 amide bonds. The molecule has 0 saturated heterocycles. The van der Waals surface area contributed by atoms with Crippen molar-refractivity contribution < 1.29 is 14.6 Å². The van der Waals surface area contributed by atoms with Gasteiger partial charge in [0.15, 0.2) is 11.5 Å². The van der Waals surface area contributed by atoms with E-state index in [4.69, 9.17) is 9.47 Å². The van der Waals surface area contributed by atoms with Gasteiger partial charge >= 0.3 is 0 Å². The van der Waals surface area contributed by atoms with Gasteiger partial charge in [0.2, 0.25) is 0 Å². The average Bonchev–Trinajstić information content (AvgIpc) is 2.48. The first-order chi connectivity index (χ1) is 9.81. The van der Waals surface area contributed by atoms with Gasteiger partial charge < -0.3 is 14.6 Å². The Kier molecular flexibility index (Phi) is 3.61. The van der Waals surface area contributed by atoms with Gasteiger partial charge in [-0.1, -0.05) is 30.3 Å². The molecule has 1 aliphatic carbocycles. The Morgan fingerprint density at radius 1 is 1.15 bits per heavy atom. The molecule has 0 radical (unpaired) electrons. The minimum absolute atomic E-state index is 0.00656. The monoisotopic (exact) mass is 270 g/mol. The highest BCUT2D eigenvalue weighted by Gasteiger charge is 2.26. The first-order valence-electron chi connectivity index (χ1n) is 6.80. The van der Waals surface area contributed by atoms with Gasteiger partial charge in [0.1, 0.15) is 0 Å². The van der Waals surface area contributed by atoms with Crippen LogP contribution in [0.15, 0.2) is 42.5 Å². The first kappa shape index (κ1) is 13.0. The van der Waals surface area contributed by atoms with E-state index in [1.54, 1.807) is 7.11 Å². The number of hydrogen-bond acceptors (Lipinski definition) is 3. The van der Waals surface area contributed by atoms with Gasteiger partial charge in [0.05, 0.1) is 20.3 Å². The molecule has 0 heterocycles. The van der Waals surface area contributed by atoms with Crippen LogP contribution in [0.1, 0.15) is 22.6 Å². The van der Waals surface area contributed by atoms with E-state index in [9.17, 15) is 5.11 Å². The number of benzene rings is 2. The van der Waals surface area contributed by atoms with Gasteiger partial charge in [0, 0.05) is 5.92 Å². The van der Waals surface area contributed by atoms with Gasteiger partial charge in [-0.2, -0.15) is 0 Å². The molecule has 1 atom stereocenters. The fourth-order valence-electron chi connectivity index (χ4n) is 2.63. The van der Waals surface area contributed by atoms with E-state index in [2.05, 4.69) is 24.3 Å². The van der Waals surface area contributed by atoms with E-state index in [0.717, 1.165) is 12.0 Å². The molecule has 1 aliphatic rings. The molecule has 104 valence electrons. The summed E-state index contributed by atoms with van der Waals surface area (Å²) >= 11 is 0. The number of fused-ring (bicyclic) bond motifs is 1. The van der Waals surface area contributed by atoms with Gasteiger partial charge in [-0.05, 0) is 35.2 Å². The van der Waals surface area contributed by atoms with E-state index in [1.165, 1.54) is 11.1 Å². The summed E-state index contributed by atoms with van der Waals surface area (Å²) in [7, 11) is 1.62. The number of ether oxygens (including phenoxy) is 2. The van der Waals surface area contributed by atoms with Crippen molar-refractivity contribution in [3.63, 3.8) is 0 Å². The molecule has 20 heavy (non-hydrogen) atoms. The van der Waals surface area contributed by atoms with Crippen LogP contribution in [-0.4, -0.2) is 18.8 Å². The lowest BCUT2D eigenvalue weighted by Crippen LogP contribution is -2.23. The summed E-state index contributed by atoms with van der Waals surface area (Å²) in [6.45, 7) is 0.648. The highest BCUT2D eigenvalue weighted by molar-refractivity contribution is 5.44. The van der Waals surface area contributed by atoms with Crippen LogP contribution in [0.4, 0.5) is 0 Å². The van der Waals surface area contributed by atoms with E-state index < -0.39 is 0 Å². The Bertz CT molecular complexity index is 607. The molecule has 0 aromatic heterocycles. The Hall–Kier alpha value is -2.00. The maximum absolute atomic E-state index is 9.19. The minimum Gasteiger partial charge on any atom is -0.493 e. The van der Waals surface area contributed by atoms with Crippen molar-refractivity contribution >= 4 is 0 Å². The maximum atomic E-state index is 9.19. The van der Waals surface area contributed by atoms with Crippen LogP contribution in [0.25, 0.3) is 0 Å². The highest BCUT2D eigenvalue weighted by Crippen LogP contribution is 2.36. The van der Waals surface area contributed by atoms with Crippen molar-refractivity contribution in [2.45, 2.75) is 18.9 Å². The van der Waals surface area contributed by atoms with Crippen LogP contribution in [0.5, 0.6) is 11.5 Å². The summed E-state index contributed by atoms with van der Waals surface area (Å²) in [5.41, 5.74) is 3.62. The summed E-state index contributed by atoms with van der Waals surface area (Å²) in [5, 5.41) is 9.19. The third-order valence-electron chi connectivity index (χ3n) is 3.81. The molecule has 0 fully saturated rings. The zero-order chi connectivity index (χ0) is 13.9. The van der Waals surface area contributed by atoms with E-state index >= 15 is 0 Å². The number of rotatable bonds is 5. The zero-order valence-electron chi connectivity index (χ0n) is 11.5. The molecule has 3 rings (SSSR count). The summed E-state index contributed by atoms with van der Waals surface area (Å²) in [6.07, 6.45) is 1.07. The lowest BCUT2D eigenvalue weighted by Gasteiger charge is -2.30. The summed E-state index contributed by atoms with van der Waals surface area (Å²) in [5.74, 6) is 1.85. The SMILES string of the molecule is COc1ccc(CO)cc1OCC1Cc2ccccc21. The first-order valence-corrected chi connectivity index (χ1v) is 6.80. The van der Waals surface area contributed by atoms with Crippen molar-refractivity contribution in [2.75, 3.05) is 13.7 Å². The number of hydrogen-bond donors (Lipinski definition) is 1. The van der Waals surface area contributed by atoms with Crippen LogP contribution >= 0.6 is 0 Å². The van der Waals surface area contributed by atoms with Gasteiger partial charge in [-0.25, -0.2) is 0 Å². The van der Waals surface area contributed by atoms with Crippen LogP contribution in [0.3, 0.4) is 0 Å². The van der Waals surface area contributed by atoms with Crippen molar-refractivity contribution in [1.29, 1.82) is 0 Å². The normalized spacial score (nSPS) is 16.2. The van der Waals surface area contributed by atoms with Crippen molar-refractivity contribution in [2.24, 2.45) is 0 Å². The van der Waals surface area contributed by atoms with Crippen molar-refractivity contribution in [1.82, 2.24) is 0 Å². The predicted octanol–water partition coefficient (Wildman–Crippen LogP) is 2.91. The van der Waals surface area contributed by atoms with Gasteiger partial charge in [0.25, 0.3) is 0 Å². The van der Waals surface area contributed by atoms with Crippen LogP contribution < -0.4 is 9.47 Å². The summed E-state index contributed by atoms with van der Waals surface area (Å²) < 4.78 is 11.2. The van der Waals surface area contributed by atoms with Crippen LogP contribution in [0, 0.1) is 0 Å². The fourth-order valence-corrected chi connectivity index (χ4v) is 2.63. The van der Waals surface area contributed by atoms with Gasteiger partial charge in [-0.3, -0.25) is 0 Å². The molecule has 3 nitrogen and oxygen atoms in total. The third-order valence-corrected chi connectivity index (χ3v) is 3.81. The van der Waals surface area contributed by atoms with Crippen molar-refractivity contribution in [3.8, 4) is 11.5 Å². The topological polar surface area (TPSA) is 38.7 Å². The fraction of sp³-hybridized carbons (Fsp3) is 0.294. The van der Waals surface area contributed by atoms with E-state index in [-0.39, 0.29) is 6.61 Å². The molecule has 0 aliphatic heterocycles. The Labute approximate surface area is 118 Å². The molecular weight excluding hydrogens is 252 g/mol. The van der Waals surface area contributed by atoms with Crippen LogP contribution in [-0.2, 0) is 13.0 Å². The summed E-state index contributed by atoms with van der Waals surface area (Å²) in [4.78, 5) is 0. The number of aliphatic hydroxyl groups is 1. The molecule has 0 saturated carbocycles. The van der Waals surface area contributed by atoms with E-state index in [1.807, 2.05) is 18.2 Å². The second-order valence-electron chi connectivity index (χ2n) is 5.05. The molecule has 3 heteroatoms. The second kappa shape index (κ2) is 5.55. The zero-order valence-corrected chi connectivity index (χ0v) is 11.5.